The summed E-state index contributed by atoms with van der Waals surface area (Å²) in [5.41, 5.74) is 0.969. The molecule has 0 bridgehead atoms. The van der Waals surface area contributed by atoms with Gasteiger partial charge < -0.3 is 9.84 Å². The Morgan fingerprint density at radius 2 is 1.43 bits per heavy atom. The van der Waals surface area contributed by atoms with Gasteiger partial charge in [-0.05, 0) is 56.8 Å². The monoisotopic (exact) mass is 296 g/mol. The lowest BCUT2D eigenvalue weighted by molar-refractivity contribution is 0.0699. The van der Waals surface area contributed by atoms with Gasteiger partial charge in [-0.1, -0.05) is 45.4 Å². The molecule has 21 heavy (non-hydrogen) atoms. The molecular formula is C19H36O2. The van der Waals surface area contributed by atoms with Crippen molar-refractivity contribution in [3.8, 4) is 0 Å². The molecule has 2 rings (SSSR count). The van der Waals surface area contributed by atoms with Gasteiger partial charge in [0.1, 0.15) is 0 Å². The molecule has 1 unspecified atom stereocenters. The number of hydrogen-bond acceptors (Lipinski definition) is 2. The molecule has 2 aliphatic carbocycles. The van der Waals surface area contributed by atoms with Gasteiger partial charge in [-0.2, -0.15) is 0 Å². The van der Waals surface area contributed by atoms with Crippen molar-refractivity contribution in [1.29, 1.82) is 0 Å². The second-order valence-corrected chi connectivity index (χ2v) is 8.05. The fourth-order valence-corrected chi connectivity index (χ4v) is 3.42. The zero-order valence-corrected chi connectivity index (χ0v) is 14.3. The maximum absolute atomic E-state index is 10.0. The number of unbranched alkanes of at least 4 members (excludes halogenated alkanes) is 4. The van der Waals surface area contributed by atoms with Crippen LogP contribution in [0.4, 0.5) is 0 Å². The molecule has 0 aromatic heterocycles. The topological polar surface area (TPSA) is 29.5 Å². The Kier molecular flexibility index (Phi) is 6.55. The van der Waals surface area contributed by atoms with Crippen LogP contribution in [0.15, 0.2) is 0 Å². The van der Waals surface area contributed by atoms with Gasteiger partial charge in [0.2, 0.25) is 0 Å². The Hall–Kier alpha value is -0.0800. The smallest absolute Gasteiger partial charge is 0.0681 e. The van der Waals surface area contributed by atoms with Crippen LogP contribution in [0.2, 0.25) is 0 Å². The van der Waals surface area contributed by atoms with Crippen molar-refractivity contribution in [3.05, 3.63) is 0 Å². The molecule has 0 aromatic carbocycles. The van der Waals surface area contributed by atoms with Crippen molar-refractivity contribution < 1.29 is 9.84 Å². The number of methoxy groups -OCH3 is 1. The highest BCUT2D eigenvalue weighted by Gasteiger charge is 2.41. The van der Waals surface area contributed by atoms with Gasteiger partial charge in [0.05, 0.1) is 11.7 Å². The maximum Gasteiger partial charge on any atom is 0.0681 e. The minimum Gasteiger partial charge on any atom is -0.393 e. The van der Waals surface area contributed by atoms with Crippen LogP contribution < -0.4 is 0 Å². The molecule has 0 aromatic rings. The van der Waals surface area contributed by atoms with Gasteiger partial charge in [-0.3, -0.25) is 0 Å². The second-order valence-electron chi connectivity index (χ2n) is 8.05. The first-order chi connectivity index (χ1) is 10.1. The molecule has 0 radical (unpaired) electrons. The second kappa shape index (κ2) is 7.97. The Labute approximate surface area is 131 Å². The largest absolute Gasteiger partial charge is 0.393 e. The Balaban J connectivity index is 1.35. The molecule has 124 valence electrons. The van der Waals surface area contributed by atoms with Crippen molar-refractivity contribution >= 4 is 0 Å². The minimum atomic E-state index is -0.0566. The lowest BCUT2D eigenvalue weighted by atomic mass is 9.98. The van der Waals surface area contributed by atoms with Crippen LogP contribution >= 0.6 is 0 Å². The zero-order chi connectivity index (χ0) is 15.2. The van der Waals surface area contributed by atoms with Crippen LogP contribution in [0, 0.1) is 5.41 Å². The Morgan fingerprint density at radius 3 is 1.90 bits per heavy atom. The van der Waals surface area contributed by atoms with E-state index in [0.29, 0.717) is 5.41 Å². The summed E-state index contributed by atoms with van der Waals surface area (Å²) in [5.74, 6) is 0. The number of ether oxygens (including phenoxy) is 1. The molecule has 0 saturated heterocycles. The van der Waals surface area contributed by atoms with Gasteiger partial charge in [0.25, 0.3) is 0 Å². The first kappa shape index (κ1) is 17.3. The molecule has 0 spiro atoms. The summed E-state index contributed by atoms with van der Waals surface area (Å²) >= 11 is 0. The van der Waals surface area contributed by atoms with E-state index in [1.165, 1.54) is 77.0 Å². The first-order valence-corrected chi connectivity index (χ1v) is 9.31. The van der Waals surface area contributed by atoms with E-state index in [0.717, 1.165) is 12.8 Å². The fraction of sp³-hybridized carbons (Fsp3) is 1.00. The van der Waals surface area contributed by atoms with E-state index in [1.807, 2.05) is 7.11 Å². The van der Waals surface area contributed by atoms with E-state index in [9.17, 15) is 5.11 Å². The average molecular weight is 296 g/mol. The molecule has 1 N–H and O–H groups in total. The molecule has 0 heterocycles. The van der Waals surface area contributed by atoms with Gasteiger partial charge >= 0.3 is 0 Å². The van der Waals surface area contributed by atoms with Gasteiger partial charge in [-0.15, -0.1) is 0 Å². The van der Waals surface area contributed by atoms with Crippen LogP contribution in [0.1, 0.15) is 96.8 Å². The molecule has 0 amide bonds. The highest BCUT2D eigenvalue weighted by molar-refractivity contribution is 4.94. The van der Waals surface area contributed by atoms with E-state index in [-0.39, 0.29) is 11.7 Å². The lowest BCUT2D eigenvalue weighted by Crippen LogP contribution is -2.11. The predicted octanol–water partition coefficient (Wildman–Crippen LogP) is 5.23. The van der Waals surface area contributed by atoms with E-state index in [4.69, 9.17) is 4.74 Å². The molecule has 2 saturated carbocycles. The van der Waals surface area contributed by atoms with E-state index in [2.05, 4.69) is 6.92 Å². The summed E-state index contributed by atoms with van der Waals surface area (Å²) < 4.78 is 5.53. The standard InChI is InChI=1S/C19H36O2/c1-18(13-14-18)11-7-3-5-9-17(20)10-6-4-8-12-19(21-2)15-16-19/h17,20H,3-16H2,1-2H3. The Bertz CT molecular complexity index is 292. The average Bonchev–Trinajstić information content (AvgIpc) is 3.37. The summed E-state index contributed by atoms with van der Waals surface area (Å²) in [6, 6.07) is 0. The number of rotatable bonds is 13. The SMILES string of the molecule is COC1(CCCCCC(O)CCCCCC2(C)CC2)CC1. The van der Waals surface area contributed by atoms with Crippen molar-refractivity contribution in [2.24, 2.45) is 5.41 Å². The third kappa shape index (κ3) is 6.69. The molecule has 0 aliphatic heterocycles. The number of aliphatic hydroxyl groups excluding tert-OH is 1. The quantitative estimate of drug-likeness (QED) is 0.472. The van der Waals surface area contributed by atoms with Crippen molar-refractivity contribution in [1.82, 2.24) is 0 Å². The highest BCUT2D eigenvalue weighted by Crippen LogP contribution is 2.49. The molecular weight excluding hydrogens is 260 g/mol. The van der Waals surface area contributed by atoms with E-state index in [1.54, 1.807) is 0 Å². The molecule has 2 nitrogen and oxygen atoms in total. The normalized spacial score (nSPS) is 23.0. The maximum atomic E-state index is 10.0. The fourth-order valence-electron chi connectivity index (χ4n) is 3.42. The summed E-state index contributed by atoms with van der Waals surface area (Å²) in [4.78, 5) is 0. The molecule has 2 aliphatic rings. The van der Waals surface area contributed by atoms with E-state index < -0.39 is 0 Å². The van der Waals surface area contributed by atoms with Crippen LogP contribution in [-0.4, -0.2) is 23.9 Å². The van der Waals surface area contributed by atoms with Crippen molar-refractivity contribution in [3.63, 3.8) is 0 Å². The predicted molar refractivity (Wildman–Crippen MR) is 88.5 cm³/mol. The van der Waals surface area contributed by atoms with Gasteiger partial charge in [0.15, 0.2) is 0 Å². The minimum absolute atomic E-state index is 0.0566. The summed E-state index contributed by atoms with van der Waals surface area (Å²) in [6.45, 7) is 2.41. The van der Waals surface area contributed by atoms with Crippen LogP contribution in [0.5, 0.6) is 0 Å². The lowest BCUT2D eigenvalue weighted by Gasteiger charge is -2.13. The van der Waals surface area contributed by atoms with Crippen LogP contribution in [0.3, 0.4) is 0 Å². The third-order valence-corrected chi connectivity index (χ3v) is 5.83. The van der Waals surface area contributed by atoms with Gasteiger partial charge in [-0.25, -0.2) is 0 Å². The molecule has 2 heteroatoms. The van der Waals surface area contributed by atoms with Gasteiger partial charge in [0, 0.05) is 7.11 Å². The summed E-state index contributed by atoms with van der Waals surface area (Å²) in [6.07, 6.45) is 17.6. The number of aliphatic hydroxyl groups is 1. The summed E-state index contributed by atoms with van der Waals surface area (Å²) in [7, 11) is 1.85. The first-order valence-electron chi connectivity index (χ1n) is 9.31. The van der Waals surface area contributed by atoms with Crippen molar-refractivity contribution in [2.75, 3.05) is 7.11 Å². The molecule has 1 atom stereocenters. The summed E-state index contributed by atoms with van der Waals surface area (Å²) in [5, 5.41) is 10.0. The Morgan fingerprint density at radius 1 is 0.857 bits per heavy atom. The highest BCUT2D eigenvalue weighted by atomic mass is 16.5. The van der Waals surface area contributed by atoms with Crippen LogP contribution in [0.25, 0.3) is 0 Å². The molecule has 2 fully saturated rings. The zero-order valence-electron chi connectivity index (χ0n) is 14.3. The third-order valence-electron chi connectivity index (χ3n) is 5.83. The van der Waals surface area contributed by atoms with Crippen molar-refractivity contribution in [2.45, 2.75) is 109 Å². The number of hydrogen-bond donors (Lipinski definition) is 1. The van der Waals surface area contributed by atoms with E-state index >= 15 is 0 Å². The van der Waals surface area contributed by atoms with Crippen LogP contribution in [-0.2, 0) is 4.74 Å².